The van der Waals surface area contributed by atoms with E-state index in [4.69, 9.17) is 11.6 Å². The maximum Gasteiger partial charge on any atom is 0.243 e. The van der Waals surface area contributed by atoms with Crippen LogP contribution in [-0.2, 0) is 21.4 Å². The first-order chi connectivity index (χ1) is 12.7. The molecule has 2 aromatic carbocycles. The molecule has 0 aliphatic rings. The molecule has 1 amide bonds. The zero-order chi connectivity index (χ0) is 20.0. The van der Waals surface area contributed by atoms with Gasteiger partial charge >= 0.3 is 0 Å². The number of carbonyl (C=O) groups is 1. The molecule has 0 unspecified atom stereocenters. The van der Waals surface area contributed by atoms with Gasteiger partial charge in [-0.15, -0.1) is 0 Å². The minimum absolute atomic E-state index is 0.0171. The second kappa shape index (κ2) is 9.35. The van der Waals surface area contributed by atoms with E-state index in [2.05, 4.69) is 5.32 Å². The molecule has 0 spiro atoms. The fourth-order valence-electron chi connectivity index (χ4n) is 2.58. The van der Waals surface area contributed by atoms with Crippen LogP contribution in [0.1, 0.15) is 31.4 Å². The number of carbonyl (C=O) groups excluding carboxylic acids is 1. The average molecular weight is 409 g/mol. The molecule has 0 aliphatic carbocycles. The molecule has 0 saturated heterocycles. The molecule has 0 bridgehead atoms. The van der Waals surface area contributed by atoms with Gasteiger partial charge in [0.25, 0.3) is 0 Å². The number of nitrogens with zero attached hydrogens (tertiary/aromatic N) is 1. The molecule has 0 aromatic heterocycles. The van der Waals surface area contributed by atoms with Gasteiger partial charge in [0.15, 0.2) is 0 Å². The zero-order valence-corrected chi connectivity index (χ0v) is 17.3. The summed E-state index contributed by atoms with van der Waals surface area (Å²) in [5.41, 5.74) is 1.85. The van der Waals surface area contributed by atoms with E-state index in [1.807, 2.05) is 45.0 Å². The van der Waals surface area contributed by atoms with Crippen molar-refractivity contribution in [2.45, 2.75) is 44.7 Å². The molecule has 146 valence electrons. The van der Waals surface area contributed by atoms with Crippen LogP contribution in [0.2, 0.25) is 5.02 Å². The van der Waals surface area contributed by atoms with Crippen molar-refractivity contribution in [1.82, 2.24) is 9.62 Å². The summed E-state index contributed by atoms with van der Waals surface area (Å²) in [6, 6.07) is 13.5. The maximum atomic E-state index is 13.1. The van der Waals surface area contributed by atoms with Crippen LogP contribution in [-0.4, -0.2) is 31.2 Å². The highest BCUT2D eigenvalue weighted by Gasteiger charge is 2.27. The lowest BCUT2D eigenvalue weighted by Crippen LogP contribution is -2.43. The molecule has 5 nitrogen and oxygen atoms in total. The lowest BCUT2D eigenvalue weighted by molar-refractivity contribution is -0.122. The van der Waals surface area contributed by atoms with Gasteiger partial charge in [-0.2, -0.15) is 4.31 Å². The molecule has 0 aliphatic heterocycles. The number of nitrogens with one attached hydrogen (secondary N) is 1. The summed E-state index contributed by atoms with van der Waals surface area (Å²) in [5, 5.41) is 3.28. The smallest absolute Gasteiger partial charge is 0.243 e. The van der Waals surface area contributed by atoms with E-state index >= 15 is 0 Å². The Balaban J connectivity index is 2.32. The number of rotatable bonds is 8. The van der Waals surface area contributed by atoms with E-state index < -0.39 is 10.0 Å². The first-order valence-corrected chi connectivity index (χ1v) is 10.6. The van der Waals surface area contributed by atoms with Gasteiger partial charge in [0, 0.05) is 17.6 Å². The van der Waals surface area contributed by atoms with Crippen LogP contribution in [0.4, 0.5) is 0 Å². The predicted molar refractivity (Wildman–Crippen MR) is 108 cm³/mol. The topological polar surface area (TPSA) is 66.5 Å². The Morgan fingerprint density at radius 1 is 1.19 bits per heavy atom. The summed E-state index contributed by atoms with van der Waals surface area (Å²) in [4.78, 5) is 12.5. The second-order valence-corrected chi connectivity index (χ2v) is 8.97. The van der Waals surface area contributed by atoms with Crippen LogP contribution in [0, 0.1) is 6.92 Å². The second-order valence-electron chi connectivity index (χ2n) is 6.59. The van der Waals surface area contributed by atoms with Crippen molar-refractivity contribution in [3.05, 3.63) is 64.7 Å². The minimum Gasteiger partial charge on any atom is -0.353 e. The van der Waals surface area contributed by atoms with Crippen molar-refractivity contribution in [2.24, 2.45) is 0 Å². The number of amides is 1. The van der Waals surface area contributed by atoms with Crippen LogP contribution in [0.25, 0.3) is 0 Å². The van der Waals surface area contributed by atoms with Crippen LogP contribution >= 0.6 is 11.6 Å². The summed E-state index contributed by atoms with van der Waals surface area (Å²) in [7, 11) is -3.85. The van der Waals surface area contributed by atoms with Gasteiger partial charge in [-0.3, -0.25) is 4.79 Å². The van der Waals surface area contributed by atoms with E-state index in [1.54, 1.807) is 0 Å². The van der Waals surface area contributed by atoms with Crippen LogP contribution in [0.15, 0.2) is 53.4 Å². The van der Waals surface area contributed by atoms with Crippen LogP contribution in [0.3, 0.4) is 0 Å². The zero-order valence-electron chi connectivity index (χ0n) is 15.8. The van der Waals surface area contributed by atoms with Gasteiger partial charge in [0.05, 0.1) is 11.4 Å². The number of aryl methyl sites for hydroxylation is 1. The Bertz CT molecular complexity index is 882. The Kier molecular flexibility index (Phi) is 7.41. The van der Waals surface area contributed by atoms with Crippen molar-refractivity contribution in [1.29, 1.82) is 0 Å². The standard InChI is InChI=1S/C20H25ClN2O3S/c1-4-16(3)22-20(24)14-23(13-17-7-5-6-15(2)12-17)27(25,26)19-10-8-18(21)9-11-19/h5-12,16H,4,13-14H2,1-3H3,(H,22,24)/t16-/m1/s1. The summed E-state index contributed by atoms with van der Waals surface area (Å²) >= 11 is 5.87. The van der Waals surface area contributed by atoms with Crippen molar-refractivity contribution in [3.63, 3.8) is 0 Å². The monoisotopic (exact) mass is 408 g/mol. The van der Waals surface area contributed by atoms with Gasteiger partial charge in [-0.25, -0.2) is 8.42 Å². The molecular weight excluding hydrogens is 384 g/mol. The Morgan fingerprint density at radius 3 is 2.44 bits per heavy atom. The molecule has 2 rings (SSSR count). The first kappa shape index (κ1) is 21.4. The quantitative estimate of drug-likeness (QED) is 0.723. The molecule has 0 fully saturated rings. The van der Waals surface area contributed by atoms with Crippen LogP contribution in [0.5, 0.6) is 0 Å². The maximum absolute atomic E-state index is 13.1. The van der Waals surface area contributed by atoms with Crippen molar-refractivity contribution in [2.75, 3.05) is 6.54 Å². The Labute approximate surface area is 166 Å². The predicted octanol–water partition coefficient (Wildman–Crippen LogP) is 3.75. The highest BCUT2D eigenvalue weighted by Crippen LogP contribution is 2.21. The highest BCUT2D eigenvalue weighted by molar-refractivity contribution is 7.89. The Morgan fingerprint density at radius 2 is 1.85 bits per heavy atom. The molecule has 1 atom stereocenters. The van der Waals surface area contributed by atoms with Gasteiger partial charge in [0.2, 0.25) is 15.9 Å². The van der Waals surface area contributed by atoms with Crippen molar-refractivity contribution < 1.29 is 13.2 Å². The minimum atomic E-state index is -3.85. The van der Waals surface area contributed by atoms with Gasteiger partial charge < -0.3 is 5.32 Å². The number of benzene rings is 2. The molecule has 2 aromatic rings. The fraction of sp³-hybridized carbons (Fsp3) is 0.350. The lowest BCUT2D eigenvalue weighted by atomic mass is 10.1. The number of halogens is 1. The first-order valence-electron chi connectivity index (χ1n) is 8.83. The lowest BCUT2D eigenvalue weighted by Gasteiger charge is -2.23. The number of hydrogen-bond donors (Lipinski definition) is 1. The normalized spacial score (nSPS) is 12.8. The highest BCUT2D eigenvalue weighted by atomic mass is 35.5. The van der Waals surface area contributed by atoms with Gasteiger partial charge in [0.1, 0.15) is 0 Å². The summed E-state index contributed by atoms with van der Waals surface area (Å²) in [6.07, 6.45) is 0.771. The summed E-state index contributed by atoms with van der Waals surface area (Å²) in [5.74, 6) is -0.324. The van der Waals surface area contributed by atoms with E-state index in [1.165, 1.54) is 28.6 Å². The SMILES string of the molecule is CC[C@@H](C)NC(=O)CN(Cc1cccc(C)c1)S(=O)(=O)c1ccc(Cl)cc1. The third-order valence-corrected chi connectivity index (χ3v) is 6.29. The molecule has 7 heteroatoms. The number of hydrogen-bond acceptors (Lipinski definition) is 3. The largest absolute Gasteiger partial charge is 0.353 e. The number of sulfonamides is 1. The van der Waals surface area contributed by atoms with Crippen molar-refractivity contribution in [3.8, 4) is 0 Å². The van der Waals surface area contributed by atoms with E-state index in [-0.39, 0.29) is 29.9 Å². The summed E-state index contributed by atoms with van der Waals surface area (Å²) in [6.45, 7) is 5.65. The molecule has 0 heterocycles. The molecule has 0 radical (unpaired) electrons. The average Bonchev–Trinajstić information content (AvgIpc) is 2.61. The molecule has 0 saturated carbocycles. The fourth-order valence-corrected chi connectivity index (χ4v) is 4.09. The summed E-state index contributed by atoms with van der Waals surface area (Å²) < 4.78 is 27.5. The van der Waals surface area contributed by atoms with Crippen LogP contribution < -0.4 is 5.32 Å². The van der Waals surface area contributed by atoms with E-state index in [0.717, 1.165) is 17.5 Å². The molecule has 1 N–H and O–H groups in total. The van der Waals surface area contributed by atoms with E-state index in [9.17, 15) is 13.2 Å². The van der Waals surface area contributed by atoms with Crippen molar-refractivity contribution >= 4 is 27.5 Å². The van der Waals surface area contributed by atoms with Gasteiger partial charge in [-0.05, 0) is 50.1 Å². The molecular formula is C20H25ClN2O3S. The third kappa shape index (κ3) is 6.06. The van der Waals surface area contributed by atoms with Gasteiger partial charge in [-0.1, -0.05) is 48.4 Å². The molecule has 27 heavy (non-hydrogen) atoms. The third-order valence-electron chi connectivity index (χ3n) is 4.23. The Hall–Kier alpha value is -1.89. The van der Waals surface area contributed by atoms with E-state index in [0.29, 0.717) is 5.02 Å².